The fraction of sp³-hybridized carbons (Fsp3) is 0.476. The molecular formula is C21H29N5O2. The number of carbonyl (C=O) groups is 1. The third kappa shape index (κ3) is 5.19. The van der Waals surface area contributed by atoms with E-state index in [0.717, 1.165) is 44.2 Å². The van der Waals surface area contributed by atoms with Crippen molar-refractivity contribution in [3.8, 4) is 5.75 Å². The summed E-state index contributed by atoms with van der Waals surface area (Å²) in [5, 5.41) is 11.7. The van der Waals surface area contributed by atoms with Crippen LogP contribution < -0.4 is 10.1 Å². The predicted molar refractivity (Wildman–Crippen MR) is 108 cm³/mol. The van der Waals surface area contributed by atoms with E-state index in [1.165, 1.54) is 5.57 Å². The van der Waals surface area contributed by atoms with Gasteiger partial charge in [-0.05, 0) is 32.9 Å². The molecule has 1 aromatic heterocycles. The van der Waals surface area contributed by atoms with Gasteiger partial charge in [-0.1, -0.05) is 29.8 Å². The average Bonchev–Trinajstić information content (AvgIpc) is 3.02. The molecule has 1 atom stereocenters. The monoisotopic (exact) mass is 383 g/mol. The van der Waals surface area contributed by atoms with Crippen LogP contribution in [0.1, 0.15) is 38.5 Å². The fourth-order valence-corrected chi connectivity index (χ4v) is 3.32. The van der Waals surface area contributed by atoms with Crippen LogP contribution in [0.2, 0.25) is 0 Å². The van der Waals surface area contributed by atoms with E-state index in [9.17, 15) is 4.79 Å². The Labute approximate surface area is 166 Å². The van der Waals surface area contributed by atoms with Gasteiger partial charge in [-0.2, -0.15) is 0 Å². The maximum Gasteiger partial charge on any atom is 0.258 e. The van der Waals surface area contributed by atoms with Crippen LogP contribution in [0.25, 0.3) is 0 Å². The van der Waals surface area contributed by atoms with E-state index in [1.54, 1.807) is 0 Å². The number of allylic oxidation sites excluding steroid dienone is 1. The number of hydrogen-bond acceptors (Lipinski definition) is 5. The molecule has 0 bridgehead atoms. The molecule has 0 fully saturated rings. The van der Waals surface area contributed by atoms with Crippen LogP contribution in [0, 0.1) is 0 Å². The van der Waals surface area contributed by atoms with Gasteiger partial charge in [0, 0.05) is 32.6 Å². The quantitative estimate of drug-likeness (QED) is 0.743. The lowest BCUT2D eigenvalue weighted by Gasteiger charge is -2.20. The Balaban J connectivity index is 1.56. The number of aromatic nitrogens is 3. The number of para-hydroxylation sites is 1. The lowest BCUT2D eigenvalue weighted by atomic mass is 10.2. The van der Waals surface area contributed by atoms with Gasteiger partial charge < -0.3 is 14.6 Å². The zero-order chi connectivity index (χ0) is 19.9. The standard InChI is InChI=1S/C21H29N5O2/c1-4-16(2)14-25-11-10-19-23-24-21(26(19)13-12-25)17(3)22-20(27)15-28-18-8-6-5-7-9-18/h4-9,17H,10-15H2,1-3H3,(H,22,27)/b16-4+. The minimum absolute atomic E-state index is 0.0221. The predicted octanol–water partition coefficient (Wildman–Crippen LogP) is 2.36. The minimum atomic E-state index is -0.225. The third-order valence-corrected chi connectivity index (χ3v) is 4.99. The average molecular weight is 383 g/mol. The number of rotatable bonds is 7. The van der Waals surface area contributed by atoms with Gasteiger partial charge in [-0.25, -0.2) is 0 Å². The summed E-state index contributed by atoms with van der Waals surface area (Å²) in [6.07, 6.45) is 3.02. The van der Waals surface area contributed by atoms with Gasteiger partial charge in [0.25, 0.3) is 5.91 Å². The Bertz CT molecular complexity index is 815. The highest BCUT2D eigenvalue weighted by Gasteiger charge is 2.22. The third-order valence-electron chi connectivity index (χ3n) is 4.99. The summed E-state index contributed by atoms with van der Waals surface area (Å²) in [6, 6.07) is 9.10. The molecule has 7 heteroatoms. The Morgan fingerprint density at radius 1 is 1.25 bits per heavy atom. The molecule has 7 nitrogen and oxygen atoms in total. The second-order valence-electron chi connectivity index (χ2n) is 7.18. The van der Waals surface area contributed by atoms with Crippen molar-refractivity contribution in [3.05, 3.63) is 53.6 Å². The van der Waals surface area contributed by atoms with Crippen molar-refractivity contribution in [3.63, 3.8) is 0 Å². The van der Waals surface area contributed by atoms with Gasteiger partial charge in [0.1, 0.15) is 11.6 Å². The second kappa shape index (κ2) is 9.50. The van der Waals surface area contributed by atoms with Crippen LogP contribution >= 0.6 is 0 Å². The summed E-state index contributed by atoms with van der Waals surface area (Å²) in [5.74, 6) is 2.29. The number of hydrogen-bond donors (Lipinski definition) is 1. The van der Waals surface area contributed by atoms with E-state index in [0.29, 0.717) is 5.75 Å². The first-order valence-electron chi connectivity index (χ1n) is 9.80. The number of nitrogens with one attached hydrogen (secondary N) is 1. The van der Waals surface area contributed by atoms with Gasteiger partial charge in [-0.3, -0.25) is 9.69 Å². The van der Waals surface area contributed by atoms with Crippen molar-refractivity contribution in [2.24, 2.45) is 0 Å². The molecule has 2 aromatic rings. The summed E-state index contributed by atoms with van der Waals surface area (Å²) in [5.41, 5.74) is 1.37. The maximum absolute atomic E-state index is 12.3. The highest BCUT2D eigenvalue weighted by molar-refractivity contribution is 5.77. The summed E-state index contributed by atoms with van der Waals surface area (Å²) in [6.45, 7) is 9.87. The SMILES string of the molecule is C/C=C(\C)CN1CCc2nnc(C(C)NC(=O)COc3ccccc3)n2CC1. The Kier molecular flexibility index (Phi) is 6.81. The van der Waals surface area contributed by atoms with Crippen molar-refractivity contribution < 1.29 is 9.53 Å². The smallest absolute Gasteiger partial charge is 0.258 e. The summed E-state index contributed by atoms with van der Waals surface area (Å²) < 4.78 is 7.66. The van der Waals surface area contributed by atoms with Gasteiger partial charge in [0.05, 0.1) is 6.04 Å². The molecule has 1 aliphatic rings. The molecule has 150 valence electrons. The van der Waals surface area contributed by atoms with Gasteiger partial charge in [0.2, 0.25) is 0 Å². The van der Waals surface area contributed by atoms with Crippen LogP contribution in [-0.4, -0.2) is 51.8 Å². The molecule has 0 spiro atoms. The first-order chi connectivity index (χ1) is 13.6. The van der Waals surface area contributed by atoms with E-state index in [2.05, 4.69) is 44.9 Å². The lowest BCUT2D eigenvalue weighted by Crippen LogP contribution is -2.33. The molecule has 2 heterocycles. The molecule has 0 aliphatic carbocycles. The Morgan fingerprint density at radius 2 is 2.04 bits per heavy atom. The topological polar surface area (TPSA) is 72.3 Å². The van der Waals surface area contributed by atoms with E-state index in [-0.39, 0.29) is 18.6 Å². The number of ether oxygens (including phenoxy) is 1. The summed E-state index contributed by atoms with van der Waals surface area (Å²) >= 11 is 0. The molecule has 1 aliphatic heterocycles. The number of amides is 1. The lowest BCUT2D eigenvalue weighted by molar-refractivity contribution is -0.123. The number of carbonyl (C=O) groups excluding carboxylic acids is 1. The van der Waals surface area contributed by atoms with Crippen LogP contribution in [0.3, 0.4) is 0 Å². The molecule has 1 aromatic carbocycles. The van der Waals surface area contributed by atoms with Gasteiger partial charge in [-0.15, -0.1) is 10.2 Å². The van der Waals surface area contributed by atoms with E-state index >= 15 is 0 Å². The largest absolute Gasteiger partial charge is 0.484 e. The van der Waals surface area contributed by atoms with Crippen LogP contribution in [0.15, 0.2) is 42.0 Å². The highest BCUT2D eigenvalue weighted by atomic mass is 16.5. The molecule has 0 saturated heterocycles. The zero-order valence-electron chi connectivity index (χ0n) is 16.9. The van der Waals surface area contributed by atoms with Gasteiger partial charge in [0.15, 0.2) is 12.4 Å². The molecule has 1 amide bonds. The normalized spacial score (nSPS) is 16.2. The first-order valence-corrected chi connectivity index (χ1v) is 9.80. The Morgan fingerprint density at radius 3 is 2.79 bits per heavy atom. The van der Waals surface area contributed by atoms with Gasteiger partial charge >= 0.3 is 0 Å². The second-order valence-corrected chi connectivity index (χ2v) is 7.18. The number of fused-ring (bicyclic) bond motifs is 1. The van der Waals surface area contributed by atoms with E-state index in [4.69, 9.17) is 4.74 Å². The molecule has 1 N–H and O–H groups in total. The Hall–Kier alpha value is -2.67. The summed E-state index contributed by atoms with van der Waals surface area (Å²) in [7, 11) is 0. The summed E-state index contributed by atoms with van der Waals surface area (Å²) in [4.78, 5) is 14.7. The molecule has 28 heavy (non-hydrogen) atoms. The maximum atomic E-state index is 12.3. The van der Waals surface area contributed by atoms with Crippen molar-refractivity contribution in [1.82, 2.24) is 25.0 Å². The number of nitrogens with zero attached hydrogens (tertiary/aromatic N) is 4. The van der Waals surface area contributed by atoms with Crippen molar-refractivity contribution in [1.29, 1.82) is 0 Å². The fourth-order valence-electron chi connectivity index (χ4n) is 3.32. The molecule has 3 rings (SSSR count). The minimum Gasteiger partial charge on any atom is -0.484 e. The molecule has 0 saturated carbocycles. The van der Waals surface area contributed by atoms with E-state index in [1.807, 2.05) is 37.3 Å². The highest BCUT2D eigenvalue weighted by Crippen LogP contribution is 2.16. The molecule has 1 unspecified atom stereocenters. The molecular weight excluding hydrogens is 354 g/mol. The van der Waals surface area contributed by atoms with Crippen LogP contribution in [0.5, 0.6) is 5.75 Å². The van der Waals surface area contributed by atoms with Crippen molar-refractivity contribution >= 4 is 5.91 Å². The van der Waals surface area contributed by atoms with Crippen molar-refractivity contribution in [2.45, 2.75) is 39.8 Å². The zero-order valence-corrected chi connectivity index (χ0v) is 16.9. The van der Waals surface area contributed by atoms with Crippen LogP contribution in [-0.2, 0) is 17.8 Å². The van der Waals surface area contributed by atoms with Crippen molar-refractivity contribution in [2.75, 3.05) is 26.2 Å². The molecule has 0 radical (unpaired) electrons. The number of benzene rings is 1. The van der Waals surface area contributed by atoms with E-state index < -0.39 is 0 Å². The van der Waals surface area contributed by atoms with Crippen LogP contribution in [0.4, 0.5) is 0 Å². The first kappa shape index (κ1) is 20.1.